The second-order valence-electron chi connectivity index (χ2n) is 6.67. The van der Waals surface area contributed by atoms with Gasteiger partial charge in [0.05, 0.1) is 0 Å². The summed E-state index contributed by atoms with van der Waals surface area (Å²) in [6, 6.07) is 10.5. The Kier molecular flexibility index (Phi) is 5.56. The predicted molar refractivity (Wildman–Crippen MR) is 91.3 cm³/mol. The van der Waals surface area contributed by atoms with Crippen LogP contribution in [0.4, 0.5) is 0 Å². The zero-order valence-electron chi connectivity index (χ0n) is 14.2. The predicted octanol–water partition coefficient (Wildman–Crippen LogP) is 2.56. The number of aromatic amines is 1. The number of nitrogens with zero attached hydrogens (tertiary/aromatic N) is 4. The first-order chi connectivity index (χ1) is 11.7. The van der Waals surface area contributed by atoms with Gasteiger partial charge in [-0.1, -0.05) is 42.5 Å². The van der Waals surface area contributed by atoms with Crippen LogP contribution < -0.4 is 0 Å². The van der Waals surface area contributed by atoms with Crippen LogP contribution in [0, 0.1) is 5.92 Å². The van der Waals surface area contributed by atoms with Gasteiger partial charge in [0.2, 0.25) is 5.91 Å². The summed E-state index contributed by atoms with van der Waals surface area (Å²) in [6.45, 7) is 3.60. The quantitative estimate of drug-likeness (QED) is 0.885. The van der Waals surface area contributed by atoms with Crippen LogP contribution in [0.3, 0.4) is 0 Å². The van der Waals surface area contributed by atoms with Crippen LogP contribution in [-0.2, 0) is 11.2 Å². The Morgan fingerprint density at radius 1 is 1.38 bits per heavy atom. The van der Waals surface area contributed by atoms with Gasteiger partial charge in [0.25, 0.3) is 0 Å². The maximum Gasteiger partial charge on any atom is 0.225 e. The van der Waals surface area contributed by atoms with Crippen LogP contribution in [0.1, 0.15) is 49.9 Å². The van der Waals surface area contributed by atoms with Gasteiger partial charge in [0.1, 0.15) is 0 Å². The number of hydrogen-bond acceptors (Lipinski definition) is 4. The number of nitrogens with one attached hydrogen (secondary N) is 1. The minimum absolute atomic E-state index is 0.0673. The van der Waals surface area contributed by atoms with Crippen molar-refractivity contribution in [2.24, 2.45) is 5.92 Å². The number of carbonyl (C=O) groups is 1. The molecular formula is C18H25N5O. The Hall–Kier alpha value is -2.24. The maximum absolute atomic E-state index is 12.7. The van der Waals surface area contributed by atoms with Crippen LogP contribution in [0.25, 0.3) is 0 Å². The molecule has 1 aromatic carbocycles. The Morgan fingerprint density at radius 3 is 2.96 bits per heavy atom. The molecule has 6 heteroatoms. The molecule has 2 atom stereocenters. The number of aryl methyl sites for hydroxylation is 1. The molecule has 3 rings (SSSR count). The fourth-order valence-electron chi connectivity index (χ4n) is 3.42. The zero-order valence-corrected chi connectivity index (χ0v) is 14.2. The van der Waals surface area contributed by atoms with E-state index in [0.717, 1.165) is 44.5 Å². The highest BCUT2D eigenvalue weighted by molar-refractivity contribution is 5.78. The third kappa shape index (κ3) is 4.19. The second kappa shape index (κ2) is 8.04. The van der Waals surface area contributed by atoms with Crippen molar-refractivity contribution in [3.8, 4) is 0 Å². The number of rotatable bonds is 6. The van der Waals surface area contributed by atoms with Crippen molar-refractivity contribution < 1.29 is 4.79 Å². The average Bonchev–Trinajstić information content (AvgIpc) is 3.17. The molecule has 0 radical (unpaired) electrons. The smallest absolute Gasteiger partial charge is 0.225 e. The van der Waals surface area contributed by atoms with Gasteiger partial charge in [0.15, 0.2) is 5.82 Å². The molecule has 6 nitrogen and oxygen atoms in total. The number of tetrazole rings is 1. The van der Waals surface area contributed by atoms with Crippen molar-refractivity contribution in [3.63, 3.8) is 0 Å². The standard InChI is InChI=1S/C18H25N5O/c1-14(7-5-10-15-8-3-2-4-9-15)18(24)23-12-6-11-16(13-23)17-19-21-22-20-17/h2-4,8-9,14,16H,5-7,10-13H2,1H3,(H,19,20,21,22)/t14-,16+/m1/s1. The highest BCUT2D eigenvalue weighted by Crippen LogP contribution is 2.25. The SMILES string of the molecule is C[C@H](CCCc1ccccc1)C(=O)N1CCC[C@H](c2nn[nH]n2)C1. The number of amides is 1. The second-order valence-corrected chi connectivity index (χ2v) is 6.67. The van der Waals surface area contributed by atoms with Crippen molar-refractivity contribution in [1.82, 2.24) is 25.5 Å². The van der Waals surface area contributed by atoms with E-state index in [1.165, 1.54) is 5.56 Å². The summed E-state index contributed by atoms with van der Waals surface area (Å²) in [5.74, 6) is 1.26. The van der Waals surface area contributed by atoms with E-state index in [-0.39, 0.29) is 17.7 Å². The van der Waals surface area contributed by atoms with E-state index in [4.69, 9.17) is 0 Å². The van der Waals surface area contributed by atoms with Gasteiger partial charge in [-0.3, -0.25) is 4.79 Å². The summed E-state index contributed by atoms with van der Waals surface area (Å²) in [5.41, 5.74) is 1.34. The first kappa shape index (κ1) is 16.6. The molecule has 1 amide bonds. The van der Waals surface area contributed by atoms with Gasteiger partial charge in [-0.25, -0.2) is 0 Å². The lowest BCUT2D eigenvalue weighted by Gasteiger charge is -2.33. The molecule has 1 aromatic heterocycles. The number of benzene rings is 1. The van der Waals surface area contributed by atoms with Crippen LogP contribution in [-0.4, -0.2) is 44.5 Å². The molecule has 1 aliphatic rings. The maximum atomic E-state index is 12.7. The molecule has 0 bridgehead atoms. The number of piperidine rings is 1. The van der Waals surface area contributed by atoms with Crippen LogP contribution in [0.5, 0.6) is 0 Å². The van der Waals surface area contributed by atoms with E-state index in [2.05, 4.69) is 44.9 Å². The number of carbonyl (C=O) groups excluding carboxylic acids is 1. The Bertz CT molecular complexity index is 628. The minimum atomic E-state index is 0.0673. The summed E-state index contributed by atoms with van der Waals surface area (Å²) >= 11 is 0. The molecule has 0 unspecified atom stereocenters. The summed E-state index contributed by atoms with van der Waals surface area (Å²) in [4.78, 5) is 14.7. The zero-order chi connectivity index (χ0) is 16.8. The van der Waals surface area contributed by atoms with Crippen molar-refractivity contribution in [1.29, 1.82) is 0 Å². The van der Waals surface area contributed by atoms with E-state index in [9.17, 15) is 4.79 Å². The van der Waals surface area contributed by atoms with Crippen LogP contribution in [0.2, 0.25) is 0 Å². The minimum Gasteiger partial charge on any atom is -0.342 e. The molecule has 2 heterocycles. The number of likely N-dealkylation sites (tertiary alicyclic amines) is 1. The van der Waals surface area contributed by atoms with Crippen molar-refractivity contribution in [2.45, 2.75) is 44.9 Å². The number of H-pyrrole nitrogens is 1. The molecule has 0 spiro atoms. The molecule has 128 valence electrons. The van der Waals surface area contributed by atoms with Crippen molar-refractivity contribution in [2.75, 3.05) is 13.1 Å². The Morgan fingerprint density at radius 2 is 2.21 bits per heavy atom. The highest BCUT2D eigenvalue weighted by atomic mass is 16.2. The highest BCUT2D eigenvalue weighted by Gasteiger charge is 2.29. The Labute approximate surface area is 142 Å². The third-order valence-corrected chi connectivity index (χ3v) is 4.83. The van der Waals surface area contributed by atoms with E-state index < -0.39 is 0 Å². The monoisotopic (exact) mass is 327 g/mol. The number of hydrogen-bond donors (Lipinski definition) is 1. The molecule has 1 fully saturated rings. The average molecular weight is 327 g/mol. The molecule has 1 aliphatic heterocycles. The molecule has 2 aromatic rings. The van der Waals surface area contributed by atoms with Gasteiger partial charge >= 0.3 is 0 Å². The number of aromatic nitrogens is 4. The fraction of sp³-hybridized carbons (Fsp3) is 0.556. The van der Waals surface area contributed by atoms with Gasteiger partial charge in [-0.15, -0.1) is 10.2 Å². The molecular weight excluding hydrogens is 302 g/mol. The van der Waals surface area contributed by atoms with E-state index in [1.54, 1.807) is 0 Å². The van der Waals surface area contributed by atoms with Gasteiger partial charge in [0, 0.05) is 24.9 Å². The lowest BCUT2D eigenvalue weighted by molar-refractivity contribution is -0.136. The molecule has 24 heavy (non-hydrogen) atoms. The van der Waals surface area contributed by atoms with Gasteiger partial charge < -0.3 is 4.90 Å². The third-order valence-electron chi connectivity index (χ3n) is 4.83. The first-order valence-electron chi connectivity index (χ1n) is 8.80. The van der Waals surface area contributed by atoms with Gasteiger partial charge in [-0.2, -0.15) is 5.21 Å². The molecule has 1 saturated heterocycles. The van der Waals surface area contributed by atoms with Gasteiger partial charge in [-0.05, 0) is 37.7 Å². The van der Waals surface area contributed by atoms with E-state index in [1.807, 2.05) is 17.9 Å². The lowest BCUT2D eigenvalue weighted by atomic mass is 9.94. The summed E-state index contributed by atoms with van der Waals surface area (Å²) in [6.07, 6.45) is 5.02. The molecule has 0 saturated carbocycles. The van der Waals surface area contributed by atoms with Crippen molar-refractivity contribution >= 4 is 5.91 Å². The molecule has 1 N–H and O–H groups in total. The molecule has 0 aliphatic carbocycles. The summed E-state index contributed by atoms with van der Waals surface area (Å²) in [5, 5.41) is 14.3. The Balaban J connectivity index is 1.48. The topological polar surface area (TPSA) is 74.8 Å². The van der Waals surface area contributed by atoms with E-state index >= 15 is 0 Å². The van der Waals surface area contributed by atoms with Crippen molar-refractivity contribution in [3.05, 3.63) is 41.7 Å². The summed E-state index contributed by atoms with van der Waals surface area (Å²) < 4.78 is 0. The van der Waals surface area contributed by atoms with E-state index in [0.29, 0.717) is 6.54 Å². The first-order valence-corrected chi connectivity index (χ1v) is 8.80. The largest absolute Gasteiger partial charge is 0.342 e. The normalized spacial score (nSPS) is 19.2. The fourth-order valence-corrected chi connectivity index (χ4v) is 3.42. The van der Waals surface area contributed by atoms with Crippen LogP contribution >= 0.6 is 0 Å². The summed E-state index contributed by atoms with van der Waals surface area (Å²) in [7, 11) is 0. The lowest BCUT2D eigenvalue weighted by Crippen LogP contribution is -2.42. The van der Waals surface area contributed by atoms with Crippen LogP contribution in [0.15, 0.2) is 30.3 Å².